The van der Waals surface area contributed by atoms with E-state index in [1.165, 1.54) is 0 Å². The first-order valence-electron chi connectivity index (χ1n) is 11.1. The molecule has 3 rings (SSSR count). The van der Waals surface area contributed by atoms with Crippen molar-refractivity contribution in [2.45, 2.75) is 28.9 Å². The van der Waals surface area contributed by atoms with Crippen LogP contribution in [0.5, 0.6) is 11.5 Å². The molecule has 34 heavy (non-hydrogen) atoms. The van der Waals surface area contributed by atoms with Gasteiger partial charge in [0.25, 0.3) is 5.91 Å². The molecule has 8 nitrogen and oxygen atoms in total. The Labute approximate surface area is 201 Å². The van der Waals surface area contributed by atoms with Crippen molar-refractivity contribution in [1.82, 2.24) is 4.90 Å². The zero-order chi connectivity index (χ0) is 24.8. The monoisotopic (exact) mass is 488 g/mol. The van der Waals surface area contributed by atoms with Gasteiger partial charge in [-0.25, -0.2) is 0 Å². The SMILES string of the molecule is C=S(=O)(c1ccc(OCCCN(C)C(=O)c2ccc(OC)cc2)cc1)C1(C(N)=O)CCOCC1. The third-order valence-electron chi connectivity index (χ3n) is 6.18. The highest BCUT2D eigenvalue weighted by Gasteiger charge is 2.46. The summed E-state index contributed by atoms with van der Waals surface area (Å²) >= 11 is 0. The van der Waals surface area contributed by atoms with Gasteiger partial charge in [-0.1, -0.05) is 0 Å². The van der Waals surface area contributed by atoms with E-state index in [-0.39, 0.29) is 18.7 Å². The lowest BCUT2D eigenvalue weighted by Gasteiger charge is -2.37. The molecule has 0 aliphatic carbocycles. The van der Waals surface area contributed by atoms with Crippen molar-refractivity contribution in [3.63, 3.8) is 0 Å². The molecule has 1 unspecified atom stereocenters. The van der Waals surface area contributed by atoms with Crippen molar-refractivity contribution in [3.8, 4) is 11.5 Å². The van der Waals surface area contributed by atoms with Crippen LogP contribution in [0.4, 0.5) is 0 Å². The molecule has 0 spiro atoms. The zero-order valence-corrected chi connectivity index (χ0v) is 20.5. The Balaban J connectivity index is 1.53. The van der Waals surface area contributed by atoms with Gasteiger partial charge in [-0.3, -0.25) is 13.8 Å². The number of hydrogen-bond acceptors (Lipinski definition) is 6. The Bertz CT molecular complexity index is 1090. The number of carbonyl (C=O) groups excluding carboxylic acids is 2. The largest absolute Gasteiger partial charge is 0.497 e. The van der Waals surface area contributed by atoms with Crippen LogP contribution >= 0.6 is 0 Å². The maximum absolute atomic E-state index is 13.6. The average molecular weight is 489 g/mol. The summed E-state index contributed by atoms with van der Waals surface area (Å²) in [6.07, 6.45) is 1.20. The zero-order valence-electron chi connectivity index (χ0n) is 19.7. The Hall–Kier alpha value is -3.04. The molecule has 1 saturated heterocycles. The van der Waals surface area contributed by atoms with Crippen LogP contribution < -0.4 is 15.2 Å². The number of ether oxygens (including phenoxy) is 3. The number of amides is 2. The Morgan fingerprint density at radius 2 is 1.68 bits per heavy atom. The summed E-state index contributed by atoms with van der Waals surface area (Å²) in [5, 5.41) is 0. The van der Waals surface area contributed by atoms with Crippen molar-refractivity contribution in [2.24, 2.45) is 5.73 Å². The first-order chi connectivity index (χ1) is 16.2. The lowest BCUT2D eigenvalue weighted by molar-refractivity contribution is -0.122. The summed E-state index contributed by atoms with van der Waals surface area (Å²) in [6, 6.07) is 13.7. The van der Waals surface area contributed by atoms with E-state index in [9.17, 15) is 13.8 Å². The molecule has 1 aliphatic rings. The quantitative estimate of drug-likeness (QED) is 0.406. The van der Waals surface area contributed by atoms with Gasteiger partial charge in [0.2, 0.25) is 5.91 Å². The molecule has 9 heteroatoms. The van der Waals surface area contributed by atoms with Crippen LogP contribution in [-0.4, -0.2) is 72.1 Å². The first-order valence-corrected chi connectivity index (χ1v) is 12.8. The molecule has 2 aromatic rings. The third kappa shape index (κ3) is 5.37. The number of carbonyl (C=O) groups is 2. The van der Waals surface area contributed by atoms with Gasteiger partial charge in [-0.15, -0.1) is 0 Å². The van der Waals surface area contributed by atoms with E-state index in [0.717, 1.165) is 0 Å². The maximum Gasteiger partial charge on any atom is 0.253 e. The summed E-state index contributed by atoms with van der Waals surface area (Å²) < 4.78 is 28.6. The normalized spacial score (nSPS) is 16.8. The summed E-state index contributed by atoms with van der Waals surface area (Å²) in [4.78, 5) is 26.9. The van der Waals surface area contributed by atoms with E-state index in [2.05, 4.69) is 5.87 Å². The van der Waals surface area contributed by atoms with E-state index < -0.39 is 20.2 Å². The van der Waals surface area contributed by atoms with Gasteiger partial charge in [0.05, 0.1) is 13.7 Å². The fourth-order valence-electron chi connectivity index (χ4n) is 3.97. The van der Waals surface area contributed by atoms with Crippen molar-refractivity contribution >= 4 is 27.2 Å². The van der Waals surface area contributed by atoms with E-state index in [1.54, 1.807) is 67.6 Å². The summed E-state index contributed by atoms with van der Waals surface area (Å²) in [7, 11) is 0.350. The van der Waals surface area contributed by atoms with Crippen LogP contribution in [0, 0.1) is 0 Å². The van der Waals surface area contributed by atoms with Crippen molar-refractivity contribution in [1.29, 1.82) is 0 Å². The number of hydrogen-bond donors (Lipinski definition) is 1. The van der Waals surface area contributed by atoms with Crippen molar-refractivity contribution in [2.75, 3.05) is 40.5 Å². The number of nitrogens with two attached hydrogens (primary N) is 1. The molecule has 0 saturated carbocycles. The highest BCUT2D eigenvalue weighted by Crippen LogP contribution is 2.35. The number of nitrogens with zero attached hydrogens (tertiary/aromatic N) is 1. The molecule has 1 fully saturated rings. The molecule has 0 radical (unpaired) electrons. The molecule has 2 amide bonds. The van der Waals surface area contributed by atoms with E-state index in [0.29, 0.717) is 54.7 Å². The standard InChI is InChI=1S/C25H32N2O6S/c1-27(23(28)19-5-7-20(31-2)8-6-19)15-4-16-33-21-9-11-22(12-10-21)34(3,30)25(24(26)29)13-17-32-18-14-25/h5-12H,3-4,13-18H2,1-2H3,(H2,26,29). The topological polar surface area (TPSA) is 108 Å². The highest BCUT2D eigenvalue weighted by atomic mass is 32.2. The summed E-state index contributed by atoms with van der Waals surface area (Å²) in [5.74, 6) is 4.54. The predicted molar refractivity (Wildman–Crippen MR) is 132 cm³/mol. The predicted octanol–water partition coefficient (Wildman–Crippen LogP) is 2.35. The van der Waals surface area contributed by atoms with Crippen LogP contribution in [0.2, 0.25) is 0 Å². The molecule has 184 valence electrons. The number of primary amides is 1. The van der Waals surface area contributed by atoms with E-state index in [4.69, 9.17) is 19.9 Å². The van der Waals surface area contributed by atoms with Gasteiger partial charge in [-0.05, 0) is 73.7 Å². The molecular weight excluding hydrogens is 456 g/mol. The fourth-order valence-corrected chi connectivity index (χ4v) is 6.15. The minimum absolute atomic E-state index is 0.0753. The minimum atomic E-state index is -2.98. The maximum atomic E-state index is 13.6. The minimum Gasteiger partial charge on any atom is -0.497 e. The lowest BCUT2D eigenvalue weighted by atomic mass is 9.98. The number of benzene rings is 2. The van der Waals surface area contributed by atoms with Gasteiger partial charge >= 0.3 is 0 Å². The summed E-state index contributed by atoms with van der Waals surface area (Å²) in [6.45, 7) is 1.58. The Kier molecular flexibility index (Phi) is 8.22. The first kappa shape index (κ1) is 25.6. The van der Waals surface area contributed by atoms with Crippen molar-refractivity contribution < 1.29 is 28.0 Å². The van der Waals surface area contributed by atoms with E-state index >= 15 is 0 Å². The number of methoxy groups -OCH3 is 1. The molecule has 2 N–H and O–H groups in total. The van der Waals surface area contributed by atoms with Gasteiger partial charge in [0, 0.05) is 46.8 Å². The molecule has 1 atom stereocenters. The molecule has 0 aromatic heterocycles. The molecule has 1 aliphatic heterocycles. The Morgan fingerprint density at radius 1 is 1.09 bits per heavy atom. The van der Waals surface area contributed by atoms with Crippen LogP contribution in [0.1, 0.15) is 29.6 Å². The molecule has 0 bridgehead atoms. The van der Waals surface area contributed by atoms with Gasteiger partial charge in [0.1, 0.15) is 16.2 Å². The molecular formula is C25H32N2O6S. The summed E-state index contributed by atoms with van der Waals surface area (Å²) in [5.41, 5.74) is 6.25. The van der Waals surface area contributed by atoms with Crippen LogP contribution in [0.25, 0.3) is 0 Å². The third-order valence-corrected chi connectivity index (χ3v) is 9.08. The second kappa shape index (κ2) is 10.9. The second-order valence-corrected chi connectivity index (χ2v) is 10.9. The smallest absolute Gasteiger partial charge is 0.253 e. The van der Waals surface area contributed by atoms with Gasteiger partial charge < -0.3 is 24.8 Å². The molecule has 2 aromatic carbocycles. The number of rotatable bonds is 10. The molecule has 1 heterocycles. The van der Waals surface area contributed by atoms with Crippen LogP contribution in [0.3, 0.4) is 0 Å². The average Bonchev–Trinajstić information content (AvgIpc) is 2.86. The lowest BCUT2D eigenvalue weighted by Crippen LogP contribution is -2.53. The highest BCUT2D eigenvalue weighted by molar-refractivity contribution is 8.02. The van der Waals surface area contributed by atoms with Gasteiger partial charge in [0.15, 0.2) is 0 Å². The van der Waals surface area contributed by atoms with Crippen molar-refractivity contribution in [3.05, 3.63) is 54.1 Å². The van der Waals surface area contributed by atoms with Crippen LogP contribution in [-0.2, 0) is 19.1 Å². The van der Waals surface area contributed by atoms with Crippen LogP contribution in [0.15, 0.2) is 53.4 Å². The second-order valence-electron chi connectivity index (χ2n) is 8.27. The fraction of sp³-hybridized carbons (Fsp3) is 0.400. The Morgan fingerprint density at radius 3 is 2.24 bits per heavy atom. The van der Waals surface area contributed by atoms with E-state index in [1.807, 2.05) is 0 Å². The van der Waals surface area contributed by atoms with Gasteiger partial charge in [-0.2, -0.15) is 0 Å².